The Bertz CT molecular complexity index is 1320. The third-order valence-electron chi connectivity index (χ3n) is 5.98. The first-order chi connectivity index (χ1) is 17.4. The average molecular weight is 558 g/mol. The van der Waals surface area contributed by atoms with Gasteiger partial charge in [0.15, 0.2) is 0 Å². The molecule has 202 valence electrons. The van der Waals surface area contributed by atoms with Gasteiger partial charge < -0.3 is 21.3 Å². The summed E-state index contributed by atoms with van der Waals surface area (Å²) in [6.45, 7) is 3.75. The van der Waals surface area contributed by atoms with Crippen LogP contribution < -0.4 is 33.9 Å². The van der Waals surface area contributed by atoms with Crippen molar-refractivity contribution in [2.75, 3.05) is 11.4 Å². The van der Waals surface area contributed by atoms with Gasteiger partial charge in [-0.25, -0.2) is 22.1 Å². The van der Waals surface area contributed by atoms with Gasteiger partial charge in [-0.3, -0.25) is 4.79 Å². The summed E-state index contributed by atoms with van der Waals surface area (Å²) in [7, 11) is -2.53. The molecule has 0 saturated heterocycles. The minimum absolute atomic E-state index is 0. The van der Waals surface area contributed by atoms with Crippen LogP contribution in [0, 0.1) is 5.82 Å². The maximum absolute atomic E-state index is 13.6. The molecule has 0 amide bonds. The van der Waals surface area contributed by atoms with Crippen LogP contribution in [0.1, 0.15) is 46.3 Å². The van der Waals surface area contributed by atoms with Crippen LogP contribution in [0.4, 0.5) is 10.3 Å². The van der Waals surface area contributed by atoms with Crippen molar-refractivity contribution in [2.24, 2.45) is 0 Å². The van der Waals surface area contributed by atoms with Crippen LogP contribution in [0.5, 0.6) is 0 Å². The predicted octanol–water partition coefficient (Wildman–Crippen LogP) is 0.731. The third kappa shape index (κ3) is 7.64. The normalized spacial score (nSPS) is 13.1. The first-order valence-corrected chi connectivity index (χ1v) is 13.3. The number of aliphatic carboxylic acids is 1. The number of hydrogen-bond donors (Lipinski definition) is 3. The summed E-state index contributed by atoms with van der Waals surface area (Å²) in [6.07, 6.45) is -2.38. The molecule has 3 rings (SSSR count). The molecular weight excluding hydrogens is 524 g/mol. The zero-order chi connectivity index (χ0) is 27.3. The third-order valence-corrected chi connectivity index (χ3v) is 7.73. The first-order valence-electron chi connectivity index (χ1n) is 11.9. The van der Waals surface area contributed by atoms with Crippen molar-refractivity contribution in [2.45, 2.75) is 62.7 Å². The number of carboxylic acid groups (broad SMARTS) is 1. The minimum Gasteiger partial charge on any atom is -1.00 e. The quantitative estimate of drug-likeness (QED) is 0.280. The Morgan fingerprint density at radius 3 is 2.24 bits per heavy atom. The molecular formula is C26H33FN3NaO6S. The van der Waals surface area contributed by atoms with E-state index in [0.717, 1.165) is 4.31 Å². The molecule has 2 unspecified atom stereocenters. The van der Waals surface area contributed by atoms with Crippen molar-refractivity contribution in [3.8, 4) is 11.3 Å². The molecule has 0 saturated carbocycles. The summed E-state index contributed by atoms with van der Waals surface area (Å²) in [5.41, 5.74) is 1.64. The number of hydrogen-bond acceptors (Lipinski definition) is 6. The van der Waals surface area contributed by atoms with E-state index >= 15 is 0 Å². The van der Waals surface area contributed by atoms with Crippen LogP contribution in [-0.4, -0.2) is 58.5 Å². The van der Waals surface area contributed by atoms with Crippen LogP contribution in [0.3, 0.4) is 0 Å². The minimum atomic E-state index is -3.95. The fraction of sp³-hybridized carbons (Fsp3) is 0.385. The van der Waals surface area contributed by atoms with E-state index in [-0.39, 0.29) is 67.1 Å². The van der Waals surface area contributed by atoms with Crippen molar-refractivity contribution in [3.63, 3.8) is 0 Å². The Morgan fingerprint density at radius 1 is 1.08 bits per heavy atom. The second-order valence-electron chi connectivity index (χ2n) is 9.14. The molecule has 1 heterocycles. The predicted molar refractivity (Wildman–Crippen MR) is 138 cm³/mol. The Hall–Kier alpha value is -2.28. The number of aliphatic hydroxyl groups is 2. The van der Waals surface area contributed by atoms with Crippen LogP contribution in [0.2, 0.25) is 0 Å². The van der Waals surface area contributed by atoms with Crippen molar-refractivity contribution < 1.29 is 63.9 Å². The van der Waals surface area contributed by atoms with Crippen LogP contribution in [0.15, 0.2) is 59.5 Å². The monoisotopic (exact) mass is 557 g/mol. The molecule has 2 atom stereocenters. The summed E-state index contributed by atoms with van der Waals surface area (Å²) in [5, 5.41) is 29.2. The number of carbonyl (C=O) groups is 1. The average Bonchev–Trinajstić information content (AvgIpc) is 3.22. The SMILES string of the molecule is CC(C)n1c(N(C)S(=O)(=O)c2ccccc2)nc(-c2ccc(F)cc2)c1CCC(O)CC(O)CC(=O)O.[H-].[Na+]. The van der Waals surface area contributed by atoms with E-state index < -0.39 is 40.4 Å². The Labute approximate surface area is 245 Å². The van der Waals surface area contributed by atoms with Gasteiger partial charge in [-0.2, -0.15) is 0 Å². The van der Waals surface area contributed by atoms with E-state index in [4.69, 9.17) is 5.11 Å². The summed E-state index contributed by atoms with van der Waals surface area (Å²) in [5.74, 6) is -1.43. The van der Waals surface area contributed by atoms with Gasteiger partial charge in [0.05, 0.1) is 29.2 Å². The topological polar surface area (TPSA) is 133 Å². The molecule has 0 aliphatic rings. The molecule has 12 heteroatoms. The second kappa shape index (κ2) is 13.7. The molecule has 3 aromatic rings. The van der Waals surface area contributed by atoms with E-state index in [1.54, 1.807) is 34.9 Å². The molecule has 0 fully saturated rings. The number of benzene rings is 2. The molecule has 0 spiro atoms. The summed E-state index contributed by atoms with van der Waals surface area (Å²) in [6, 6.07) is 13.4. The number of aromatic nitrogens is 2. The number of rotatable bonds is 12. The van der Waals surface area contributed by atoms with Gasteiger partial charge in [0, 0.05) is 24.3 Å². The molecule has 38 heavy (non-hydrogen) atoms. The molecule has 0 aliphatic carbocycles. The van der Waals surface area contributed by atoms with Crippen molar-refractivity contribution in [1.29, 1.82) is 0 Å². The number of anilines is 1. The van der Waals surface area contributed by atoms with Crippen LogP contribution in [-0.2, 0) is 21.2 Å². The number of sulfonamides is 1. The van der Waals surface area contributed by atoms with E-state index in [1.807, 2.05) is 13.8 Å². The van der Waals surface area contributed by atoms with Gasteiger partial charge in [0.1, 0.15) is 5.82 Å². The molecule has 0 bridgehead atoms. The van der Waals surface area contributed by atoms with Gasteiger partial charge in [0.25, 0.3) is 10.0 Å². The van der Waals surface area contributed by atoms with Gasteiger partial charge in [-0.15, -0.1) is 0 Å². The van der Waals surface area contributed by atoms with Gasteiger partial charge in [-0.05, 0) is 69.5 Å². The van der Waals surface area contributed by atoms with Gasteiger partial charge >= 0.3 is 35.5 Å². The number of imidazole rings is 1. The van der Waals surface area contributed by atoms with Gasteiger partial charge in [-0.1, -0.05) is 18.2 Å². The Kier molecular flexibility index (Phi) is 11.5. The molecule has 3 N–H and O–H groups in total. The van der Waals surface area contributed by atoms with E-state index in [9.17, 15) is 27.8 Å². The zero-order valence-corrected chi connectivity index (χ0v) is 24.8. The fourth-order valence-electron chi connectivity index (χ4n) is 4.17. The molecule has 1 aromatic heterocycles. The Balaban J connectivity index is 0.00000380. The summed E-state index contributed by atoms with van der Waals surface area (Å²) in [4.78, 5) is 15.6. The molecule has 0 aliphatic heterocycles. The number of nitrogens with zero attached hydrogens (tertiary/aromatic N) is 3. The number of carboxylic acids is 1. The number of aliphatic hydroxyl groups excluding tert-OH is 2. The van der Waals surface area contributed by atoms with Crippen molar-refractivity contribution >= 4 is 21.9 Å². The standard InChI is InChI=1S/C26H32FN3O6S.Na.H/c1-17(2)30-23(14-13-20(31)15-21(32)16-24(33)34)25(18-9-11-19(27)12-10-18)28-26(30)29(3)37(35,36)22-7-5-4-6-8-22;;/h4-12,17,20-21,31-32H,13-16H2,1-3H3,(H,33,34);;/q;+1;-1. The maximum atomic E-state index is 13.6. The first kappa shape index (κ1) is 31.9. The second-order valence-corrected chi connectivity index (χ2v) is 11.1. The van der Waals surface area contributed by atoms with Crippen LogP contribution in [0.25, 0.3) is 11.3 Å². The van der Waals surface area contributed by atoms with E-state index in [2.05, 4.69) is 4.98 Å². The van der Waals surface area contributed by atoms with Crippen LogP contribution >= 0.6 is 0 Å². The molecule has 0 radical (unpaired) electrons. The summed E-state index contributed by atoms with van der Waals surface area (Å²) < 4.78 is 43.3. The molecule has 2 aromatic carbocycles. The van der Waals surface area contributed by atoms with Crippen molar-refractivity contribution in [3.05, 3.63) is 66.1 Å². The van der Waals surface area contributed by atoms with Crippen molar-refractivity contribution in [1.82, 2.24) is 9.55 Å². The smallest absolute Gasteiger partial charge is 1.00 e. The summed E-state index contributed by atoms with van der Waals surface area (Å²) >= 11 is 0. The maximum Gasteiger partial charge on any atom is 1.00 e. The number of halogens is 1. The largest absolute Gasteiger partial charge is 1.00 e. The van der Waals surface area contributed by atoms with E-state index in [1.165, 1.54) is 31.3 Å². The van der Waals surface area contributed by atoms with E-state index in [0.29, 0.717) is 17.0 Å². The van der Waals surface area contributed by atoms with Gasteiger partial charge in [0.2, 0.25) is 5.95 Å². The Morgan fingerprint density at radius 2 is 1.68 bits per heavy atom. The molecule has 9 nitrogen and oxygen atoms in total. The fourth-order valence-corrected chi connectivity index (χ4v) is 5.34. The zero-order valence-electron chi connectivity index (χ0n) is 23.0.